The molecule has 4 aromatic carbocycles. The summed E-state index contributed by atoms with van der Waals surface area (Å²) < 4.78 is 22.8. The summed E-state index contributed by atoms with van der Waals surface area (Å²) in [6.07, 6.45) is 0. The first-order valence-electron chi connectivity index (χ1n) is 12.1. The summed E-state index contributed by atoms with van der Waals surface area (Å²) in [5, 5.41) is 0.858. The summed E-state index contributed by atoms with van der Waals surface area (Å²) in [5.41, 5.74) is 4.51. The number of ether oxygens (including phenoxy) is 4. The van der Waals surface area contributed by atoms with Crippen molar-refractivity contribution in [2.75, 3.05) is 14.2 Å². The Morgan fingerprint density at radius 2 is 1.18 bits per heavy atom. The molecule has 8 heteroatoms. The van der Waals surface area contributed by atoms with Crippen LogP contribution < -0.4 is 9.47 Å². The molecule has 0 aliphatic rings. The molecule has 0 fully saturated rings. The van der Waals surface area contributed by atoms with Gasteiger partial charge in [-0.25, -0.2) is 14.6 Å². The van der Waals surface area contributed by atoms with E-state index in [1.54, 1.807) is 24.3 Å². The van der Waals surface area contributed by atoms with Crippen LogP contribution in [0.3, 0.4) is 0 Å². The first kappa shape index (κ1) is 25.9. The molecule has 5 aromatic rings. The Bertz CT molecular complexity index is 1490. The fraction of sp³-hybridized carbons (Fsp3) is 0.129. The van der Waals surface area contributed by atoms with E-state index in [1.165, 1.54) is 25.6 Å². The van der Waals surface area contributed by atoms with E-state index in [4.69, 9.17) is 23.9 Å². The Kier molecular flexibility index (Phi) is 7.84. The number of thiazole rings is 1. The average Bonchev–Trinajstić information content (AvgIpc) is 3.45. The van der Waals surface area contributed by atoms with Gasteiger partial charge in [-0.05, 0) is 47.5 Å². The van der Waals surface area contributed by atoms with E-state index >= 15 is 0 Å². The third kappa shape index (κ3) is 5.91. The predicted octanol–water partition coefficient (Wildman–Crippen LogP) is 6.69. The van der Waals surface area contributed by atoms with Crippen LogP contribution in [-0.4, -0.2) is 31.1 Å². The van der Waals surface area contributed by atoms with Gasteiger partial charge in [0, 0.05) is 5.56 Å². The van der Waals surface area contributed by atoms with Crippen LogP contribution in [0.4, 0.5) is 0 Å². The second kappa shape index (κ2) is 11.8. The molecule has 0 unspecified atom stereocenters. The number of fused-ring (bicyclic) bond motifs is 1. The minimum Gasteiger partial charge on any atom is -0.487 e. The summed E-state index contributed by atoms with van der Waals surface area (Å²) in [5.74, 6) is 0.569. The first-order chi connectivity index (χ1) is 19.1. The number of nitrogens with zero attached hydrogens (tertiary/aromatic N) is 1. The number of esters is 2. The Labute approximate surface area is 229 Å². The summed E-state index contributed by atoms with van der Waals surface area (Å²) in [6.45, 7) is 0.628. The fourth-order valence-electron chi connectivity index (χ4n) is 3.93. The van der Waals surface area contributed by atoms with E-state index in [0.29, 0.717) is 41.4 Å². The van der Waals surface area contributed by atoms with Crippen molar-refractivity contribution in [2.45, 2.75) is 13.2 Å². The number of hydrogen-bond donors (Lipinski definition) is 0. The minimum atomic E-state index is -0.380. The quantitative estimate of drug-likeness (QED) is 0.193. The van der Waals surface area contributed by atoms with Crippen LogP contribution in [0.25, 0.3) is 20.8 Å². The molecule has 0 saturated heterocycles. The van der Waals surface area contributed by atoms with Gasteiger partial charge in [0.05, 0.1) is 25.3 Å². The molecular weight excluding hydrogens is 514 g/mol. The van der Waals surface area contributed by atoms with E-state index in [0.717, 1.165) is 26.4 Å². The molecule has 5 rings (SSSR count). The molecule has 0 saturated carbocycles. The SMILES string of the molecule is COC(=O)c1ccc(COc2ccc(OCc3ccc(C(=O)OC)cc3)c3sc(-c4ccccc4)nc23)cc1. The van der Waals surface area contributed by atoms with Gasteiger partial charge in [-0.3, -0.25) is 0 Å². The third-order valence-corrected chi connectivity index (χ3v) is 7.15. The topological polar surface area (TPSA) is 84.0 Å². The first-order valence-corrected chi connectivity index (χ1v) is 13.0. The molecule has 0 aliphatic carbocycles. The molecule has 7 nitrogen and oxygen atoms in total. The van der Waals surface area contributed by atoms with Crippen molar-refractivity contribution in [3.8, 4) is 22.1 Å². The summed E-state index contributed by atoms with van der Waals surface area (Å²) in [4.78, 5) is 28.3. The van der Waals surface area contributed by atoms with Crippen molar-refractivity contribution < 1.29 is 28.5 Å². The van der Waals surface area contributed by atoms with Crippen molar-refractivity contribution in [1.29, 1.82) is 0 Å². The van der Waals surface area contributed by atoms with Crippen molar-refractivity contribution in [2.24, 2.45) is 0 Å². The Morgan fingerprint density at radius 1 is 0.667 bits per heavy atom. The normalized spacial score (nSPS) is 10.7. The van der Waals surface area contributed by atoms with Crippen LogP contribution in [0.15, 0.2) is 91.0 Å². The summed E-state index contributed by atoms with van der Waals surface area (Å²) >= 11 is 1.54. The molecular formula is C31H25NO6S. The van der Waals surface area contributed by atoms with E-state index in [2.05, 4.69) is 0 Å². The highest BCUT2D eigenvalue weighted by Crippen LogP contribution is 2.41. The van der Waals surface area contributed by atoms with Crippen LogP contribution >= 0.6 is 11.3 Å². The zero-order chi connectivity index (χ0) is 27.2. The number of carbonyl (C=O) groups is 2. The number of carbonyl (C=O) groups excluding carboxylic acids is 2. The number of benzene rings is 4. The van der Waals surface area contributed by atoms with Crippen molar-refractivity contribution in [1.82, 2.24) is 4.98 Å². The van der Waals surface area contributed by atoms with Crippen LogP contribution in [-0.2, 0) is 22.7 Å². The Balaban J connectivity index is 1.40. The van der Waals surface area contributed by atoms with Crippen molar-refractivity contribution in [3.63, 3.8) is 0 Å². The van der Waals surface area contributed by atoms with Gasteiger partial charge in [0.15, 0.2) is 0 Å². The maximum Gasteiger partial charge on any atom is 0.337 e. The number of methoxy groups -OCH3 is 2. The van der Waals surface area contributed by atoms with Gasteiger partial charge in [0.2, 0.25) is 0 Å². The average molecular weight is 540 g/mol. The number of hydrogen-bond acceptors (Lipinski definition) is 8. The van der Waals surface area contributed by atoms with E-state index in [1.807, 2.05) is 66.7 Å². The monoisotopic (exact) mass is 539 g/mol. The molecule has 0 bridgehead atoms. The molecule has 0 N–H and O–H groups in total. The predicted molar refractivity (Wildman–Crippen MR) is 149 cm³/mol. The lowest BCUT2D eigenvalue weighted by Crippen LogP contribution is -2.02. The molecule has 1 heterocycles. The van der Waals surface area contributed by atoms with Crippen LogP contribution in [0.5, 0.6) is 11.5 Å². The number of rotatable bonds is 9. The molecule has 0 aliphatic heterocycles. The Hall–Kier alpha value is -4.69. The van der Waals surface area contributed by atoms with Gasteiger partial charge in [0.1, 0.15) is 39.9 Å². The van der Waals surface area contributed by atoms with E-state index in [9.17, 15) is 9.59 Å². The third-order valence-electron chi connectivity index (χ3n) is 6.03. The zero-order valence-corrected chi connectivity index (χ0v) is 22.2. The highest BCUT2D eigenvalue weighted by atomic mass is 32.1. The molecule has 0 radical (unpaired) electrons. The van der Waals surface area contributed by atoms with E-state index < -0.39 is 0 Å². The van der Waals surface area contributed by atoms with Gasteiger partial charge in [0.25, 0.3) is 0 Å². The smallest absolute Gasteiger partial charge is 0.337 e. The second-order valence-electron chi connectivity index (χ2n) is 8.58. The van der Waals surface area contributed by atoms with Crippen LogP contribution in [0.1, 0.15) is 31.8 Å². The molecule has 196 valence electrons. The van der Waals surface area contributed by atoms with Crippen LogP contribution in [0, 0.1) is 0 Å². The molecule has 1 aromatic heterocycles. The molecule has 0 atom stereocenters. The second-order valence-corrected chi connectivity index (χ2v) is 9.58. The number of aromatic nitrogens is 1. The lowest BCUT2D eigenvalue weighted by molar-refractivity contribution is 0.0592. The minimum absolute atomic E-state index is 0.307. The maximum absolute atomic E-state index is 11.7. The Morgan fingerprint density at radius 3 is 1.72 bits per heavy atom. The van der Waals surface area contributed by atoms with Crippen LogP contribution in [0.2, 0.25) is 0 Å². The van der Waals surface area contributed by atoms with Gasteiger partial charge in [-0.2, -0.15) is 0 Å². The van der Waals surface area contributed by atoms with Crippen molar-refractivity contribution in [3.05, 3.63) is 113 Å². The standard InChI is InChI=1S/C31H25NO6S/c1-35-30(33)23-12-8-20(9-13-23)18-37-25-16-17-26(38-19-21-10-14-24(15-11-21)31(34)36-2)28-27(25)32-29(39-28)22-6-4-3-5-7-22/h3-17H,18-19H2,1-2H3. The highest BCUT2D eigenvalue weighted by Gasteiger charge is 2.16. The van der Waals surface area contributed by atoms with Gasteiger partial charge in [-0.1, -0.05) is 54.6 Å². The fourth-order valence-corrected chi connectivity index (χ4v) is 4.98. The zero-order valence-electron chi connectivity index (χ0n) is 21.4. The molecule has 0 amide bonds. The summed E-state index contributed by atoms with van der Waals surface area (Å²) in [7, 11) is 2.72. The maximum atomic E-state index is 11.7. The van der Waals surface area contributed by atoms with Gasteiger partial charge in [-0.15, -0.1) is 11.3 Å². The lowest BCUT2D eigenvalue weighted by atomic mass is 10.1. The van der Waals surface area contributed by atoms with E-state index in [-0.39, 0.29) is 11.9 Å². The van der Waals surface area contributed by atoms with Gasteiger partial charge >= 0.3 is 11.9 Å². The summed E-state index contributed by atoms with van der Waals surface area (Å²) in [6, 6.07) is 27.9. The molecule has 39 heavy (non-hydrogen) atoms. The largest absolute Gasteiger partial charge is 0.487 e. The van der Waals surface area contributed by atoms with Crippen molar-refractivity contribution >= 4 is 33.5 Å². The molecule has 0 spiro atoms. The highest BCUT2D eigenvalue weighted by molar-refractivity contribution is 7.22. The lowest BCUT2D eigenvalue weighted by Gasteiger charge is -2.11. The van der Waals surface area contributed by atoms with Gasteiger partial charge < -0.3 is 18.9 Å².